The second kappa shape index (κ2) is 5.24. The van der Waals surface area contributed by atoms with Crippen LogP contribution in [0.5, 0.6) is 0 Å². The molecule has 0 amide bonds. The monoisotopic (exact) mass is 246 g/mol. The van der Waals surface area contributed by atoms with E-state index in [0.717, 1.165) is 6.04 Å². The summed E-state index contributed by atoms with van der Waals surface area (Å²) in [6.07, 6.45) is 3.76. The third kappa shape index (κ3) is 2.35. The van der Waals surface area contributed by atoms with Gasteiger partial charge in [0.2, 0.25) is 0 Å². The first-order chi connectivity index (χ1) is 8.86. The summed E-state index contributed by atoms with van der Waals surface area (Å²) >= 11 is 0. The first kappa shape index (κ1) is 11.9. The molecule has 0 unspecified atom stereocenters. The van der Waals surface area contributed by atoms with Crippen LogP contribution in [-0.2, 0) is 0 Å². The summed E-state index contributed by atoms with van der Waals surface area (Å²) in [5.74, 6) is 0. The fourth-order valence-electron chi connectivity index (χ4n) is 2.90. The summed E-state index contributed by atoms with van der Waals surface area (Å²) in [6.45, 7) is 10.8. The van der Waals surface area contributed by atoms with Crippen molar-refractivity contribution in [2.24, 2.45) is 0 Å². The predicted molar refractivity (Wildman–Crippen MR) is 73.9 cm³/mol. The number of aromatic nitrogens is 1. The third-order valence-electron chi connectivity index (χ3n) is 4.26. The van der Waals surface area contributed by atoms with Gasteiger partial charge >= 0.3 is 0 Å². The first-order valence-electron chi connectivity index (χ1n) is 6.98. The van der Waals surface area contributed by atoms with Gasteiger partial charge in [0.1, 0.15) is 0 Å². The van der Waals surface area contributed by atoms with Crippen molar-refractivity contribution in [3.8, 4) is 0 Å². The number of hydrogen-bond donors (Lipinski definition) is 0. The number of hydrogen-bond acceptors (Lipinski definition) is 4. The maximum atomic E-state index is 4.07. The van der Waals surface area contributed by atoms with E-state index in [9.17, 15) is 0 Å². The van der Waals surface area contributed by atoms with Crippen LogP contribution in [0.25, 0.3) is 0 Å². The van der Waals surface area contributed by atoms with Gasteiger partial charge in [0.25, 0.3) is 0 Å². The van der Waals surface area contributed by atoms with Crippen LogP contribution in [0.15, 0.2) is 24.5 Å². The van der Waals surface area contributed by atoms with Gasteiger partial charge in [-0.25, -0.2) is 0 Å². The quantitative estimate of drug-likeness (QED) is 0.790. The van der Waals surface area contributed by atoms with E-state index in [-0.39, 0.29) is 0 Å². The minimum Gasteiger partial charge on any atom is -0.368 e. The molecule has 18 heavy (non-hydrogen) atoms. The molecular formula is C14H22N4. The van der Waals surface area contributed by atoms with E-state index >= 15 is 0 Å². The summed E-state index contributed by atoms with van der Waals surface area (Å²) in [5, 5.41) is 0. The highest BCUT2D eigenvalue weighted by molar-refractivity contribution is 5.47. The number of nitrogens with zero attached hydrogens (tertiary/aromatic N) is 4. The van der Waals surface area contributed by atoms with Crippen molar-refractivity contribution in [1.29, 1.82) is 0 Å². The van der Waals surface area contributed by atoms with Crippen LogP contribution in [0.4, 0.5) is 5.69 Å². The van der Waals surface area contributed by atoms with Crippen LogP contribution in [0, 0.1) is 0 Å². The van der Waals surface area contributed by atoms with Crippen molar-refractivity contribution in [2.75, 3.05) is 50.7 Å². The smallest absolute Gasteiger partial charge is 0.0447 e. The fraction of sp³-hybridized carbons (Fsp3) is 0.643. The second-order valence-electron chi connectivity index (χ2n) is 5.23. The lowest BCUT2D eigenvalue weighted by Gasteiger charge is -2.49. The van der Waals surface area contributed by atoms with Crippen molar-refractivity contribution >= 4 is 5.69 Å². The average Bonchev–Trinajstić information content (AvgIpc) is 2.39. The zero-order valence-corrected chi connectivity index (χ0v) is 11.1. The lowest BCUT2D eigenvalue weighted by atomic mass is 10.1. The highest BCUT2D eigenvalue weighted by atomic mass is 15.3. The summed E-state index contributed by atoms with van der Waals surface area (Å²) in [5.41, 5.74) is 1.31. The molecule has 4 heteroatoms. The normalized spacial score (nSPS) is 23.1. The molecule has 0 aliphatic carbocycles. The van der Waals surface area contributed by atoms with Crippen LogP contribution < -0.4 is 4.90 Å². The van der Waals surface area contributed by atoms with Gasteiger partial charge in [0.05, 0.1) is 0 Å². The summed E-state index contributed by atoms with van der Waals surface area (Å²) in [7, 11) is 0. The zero-order valence-electron chi connectivity index (χ0n) is 11.1. The number of likely N-dealkylation sites (N-methyl/N-ethyl adjacent to an activating group) is 1. The molecule has 0 bridgehead atoms. The summed E-state index contributed by atoms with van der Waals surface area (Å²) < 4.78 is 0. The molecule has 0 aromatic carbocycles. The van der Waals surface area contributed by atoms with Crippen LogP contribution in [0.1, 0.15) is 6.92 Å². The number of piperazine rings is 1. The number of anilines is 1. The Kier molecular flexibility index (Phi) is 3.48. The topological polar surface area (TPSA) is 22.6 Å². The molecule has 1 aromatic heterocycles. The molecule has 0 spiro atoms. The molecule has 3 rings (SSSR count). The molecule has 2 aliphatic heterocycles. The van der Waals surface area contributed by atoms with E-state index in [1.807, 2.05) is 12.4 Å². The lowest BCUT2D eigenvalue weighted by Crippen LogP contribution is -2.63. The standard InChI is InChI=1S/C14H22N4/c1-2-16-7-9-17(10-8-16)14-11-18(12-14)13-3-5-15-6-4-13/h3-6,14H,2,7-12H2,1H3. The molecule has 0 atom stereocenters. The molecule has 0 radical (unpaired) electrons. The molecule has 2 fully saturated rings. The Morgan fingerprint density at radius 1 is 1.11 bits per heavy atom. The number of rotatable bonds is 3. The highest BCUT2D eigenvalue weighted by Crippen LogP contribution is 2.23. The van der Waals surface area contributed by atoms with Gasteiger partial charge in [-0.15, -0.1) is 0 Å². The average molecular weight is 246 g/mol. The Morgan fingerprint density at radius 3 is 2.39 bits per heavy atom. The van der Waals surface area contributed by atoms with Crippen LogP contribution >= 0.6 is 0 Å². The van der Waals surface area contributed by atoms with Gasteiger partial charge in [-0.2, -0.15) is 0 Å². The Bertz CT molecular complexity index is 367. The molecule has 98 valence electrons. The van der Waals surface area contributed by atoms with Gasteiger partial charge in [0.15, 0.2) is 0 Å². The van der Waals surface area contributed by atoms with Gasteiger partial charge in [0, 0.05) is 63.4 Å². The van der Waals surface area contributed by atoms with E-state index in [0.29, 0.717) is 0 Å². The van der Waals surface area contributed by atoms with Crippen molar-refractivity contribution in [2.45, 2.75) is 13.0 Å². The van der Waals surface area contributed by atoms with Crippen LogP contribution in [0.3, 0.4) is 0 Å². The molecule has 1 aromatic rings. The SMILES string of the molecule is CCN1CCN(C2CN(c3ccncc3)C2)CC1. The zero-order chi connectivity index (χ0) is 12.4. The van der Waals surface area contributed by atoms with Crippen LogP contribution in [-0.4, -0.2) is 66.6 Å². The summed E-state index contributed by atoms with van der Waals surface area (Å²) in [4.78, 5) is 11.7. The lowest BCUT2D eigenvalue weighted by molar-refractivity contribution is 0.0861. The van der Waals surface area contributed by atoms with E-state index in [2.05, 4.69) is 38.7 Å². The van der Waals surface area contributed by atoms with E-state index in [4.69, 9.17) is 0 Å². The molecule has 4 nitrogen and oxygen atoms in total. The minimum absolute atomic E-state index is 0.761. The summed E-state index contributed by atoms with van der Waals surface area (Å²) in [6, 6.07) is 4.97. The molecule has 2 saturated heterocycles. The predicted octanol–water partition coefficient (Wildman–Crippen LogP) is 0.908. The third-order valence-corrected chi connectivity index (χ3v) is 4.26. The van der Waals surface area contributed by atoms with Gasteiger partial charge in [-0.3, -0.25) is 9.88 Å². The largest absolute Gasteiger partial charge is 0.368 e. The van der Waals surface area contributed by atoms with Crippen molar-refractivity contribution in [1.82, 2.24) is 14.8 Å². The molecule has 0 saturated carbocycles. The van der Waals surface area contributed by atoms with Gasteiger partial charge in [-0.05, 0) is 18.7 Å². The van der Waals surface area contributed by atoms with E-state index in [1.165, 1.54) is 51.5 Å². The first-order valence-corrected chi connectivity index (χ1v) is 6.98. The Balaban J connectivity index is 1.48. The van der Waals surface area contributed by atoms with Gasteiger partial charge < -0.3 is 9.80 Å². The molecule has 3 heterocycles. The molecular weight excluding hydrogens is 224 g/mol. The maximum Gasteiger partial charge on any atom is 0.0447 e. The Labute approximate surface area is 109 Å². The fourth-order valence-corrected chi connectivity index (χ4v) is 2.90. The van der Waals surface area contributed by atoms with E-state index < -0.39 is 0 Å². The minimum atomic E-state index is 0.761. The van der Waals surface area contributed by atoms with Crippen molar-refractivity contribution in [3.05, 3.63) is 24.5 Å². The molecule has 0 N–H and O–H groups in total. The highest BCUT2D eigenvalue weighted by Gasteiger charge is 2.33. The Hall–Kier alpha value is -1.13. The van der Waals surface area contributed by atoms with Crippen molar-refractivity contribution in [3.63, 3.8) is 0 Å². The van der Waals surface area contributed by atoms with Crippen molar-refractivity contribution < 1.29 is 0 Å². The van der Waals surface area contributed by atoms with Gasteiger partial charge in [-0.1, -0.05) is 6.92 Å². The maximum absolute atomic E-state index is 4.07. The van der Waals surface area contributed by atoms with Crippen LogP contribution in [0.2, 0.25) is 0 Å². The Morgan fingerprint density at radius 2 is 1.78 bits per heavy atom. The number of pyridine rings is 1. The second-order valence-corrected chi connectivity index (χ2v) is 5.23. The van der Waals surface area contributed by atoms with E-state index in [1.54, 1.807) is 0 Å². The molecule has 2 aliphatic rings.